The third-order valence-electron chi connectivity index (χ3n) is 2.57. The van der Waals surface area contributed by atoms with E-state index in [0.717, 1.165) is 0 Å². The molecule has 1 aromatic rings. The molecule has 1 saturated carbocycles. The number of hydrogen-bond donors (Lipinski definition) is 1. The summed E-state index contributed by atoms with van der Waals surface area (Å²) in [6.45, 7) is 3.19. The SMILES string of the molecule is CC(C)c1oc(C2(O)CC2)nc1C(F)(F)F. The smallest absolute Gasteiger partial charge is 0.436 e. The maximum atomic E-state index is 12.6. The molecule has 1 N–H and O–H groups in total. The van der Waals surface area contributed by atoms with Crippen molar-refractivity contribution < 1.29 is 22.7 Å². The van der Waals surface area contributed by atoms with Crippen LogP contribution in [0.1, 0.15) is 50.0 Å². The van der Waals surface area contributed by atoms with Crippen molar-refractivity contribution in [1.29, 1.82) is 0 Å². The van der Waals surface area contributed by atoms with Crippen molar-refractivity contribution in [2.75, 3.05) is 0 Å². The first-order valence-corrected chi connectivity index (χ1v) is 5.05. The predicted octanol–water partition coefficient (Wildman–Crippen LogP) is 2.80. The lowest BCUT2D eigenvalue weighted by molar-refractivity contribution is -0.142. The molecule has 0 saturated heterocycles. The molecular weight excluding hydrogens is 223 g/mol. The summed E-state index contributed by atoms with van der Waals surface area (Å²) < 4.78 is 42.9. The van der Waals surface area contributed by atoms with Crippen LogP contribution in [0.15, 0.2) is 4.42 Å². The molecule has 1 aliphatic rings. The molecular formula is C10H12F3NO2. The van der Waals surface area contributed by atoms with E-state index >= 15 is 0 Å². The van der Waals surface area contributed by atoms with Gasteiger partial charge in [-0.1, -0.05) is 13.8 Å². The van der Waals surface area contributed by atoms with Crippen LogP contribution in [-0.2, 0) is 11.8 Å². The number of alkyl halides is 3. The predicted molar refractivity (Wildman–Crippen MR) is 48.7 cm³/mol. The first-order valence-electron chi connectivity index (χ1n) is 5.05. The van der Waals surface area contributed by atoms with Crippen LogP contribution in [-0.4, -0.2) is 10.1 Å². The van der Waals surface area contributed by atoms with Crippen LogP contribution in [0.2, 0.25) is 0 Å². The topological polar surface area (TPSA) is 46.3 Å². The first-order chi connectivity index (χ1) is 7.24. The molecule has 1 aliphatic carbocycles. The van der Waals surface area contributed by atoms with Crippen LogP contribution in [0.5, 0.6) is 0 Å². The standard InChI is InChI=1S/C10H12F3NO2/c1-5(2)6-7(10(11,12)13)14-8(16-6)9(15)3-4-9/h5,15H,3-4H2,1-2H3. The van der Waals surface area contributed by atoms with Crippen LogP contribution in [0.3, 0.4) is 0 Å². The molecule has 1 heterocycles. The summed E-state index contributed by atoms with van der Waals surface area (Å²) in [5.74, 6) is -0.827. The Morgan fingerprint density at radius 1 is 1.38 bits per heavy atom. The number of aromatic nitrogens is 1. The second-order valence-corrected chi connectivity index (χ2v) is 4.42. The lowest BCUT2D eigenvalue weighted by Gasteiger charge is -2.06. The van der Waals surface area contributed by atoms with Crippen molar-refractivity contribution in [3.63, 3.8) is 0 Å². The molecule has 0 amide bonds. The van der Waals surface area contributed by atoms with Crippen molar-refractivity contribution in [2.45, 2.75) is 44.4 Å². The minimum Gasteiger partial charge on any atom is -0.442 e. The number of hydrogen-bond acceptors (Lipinski definition) is 3. The van der Waals surface area contributed by atoms with Crippen LogP contribution in [0.4, 0.5) is 13.2 Å². The fourth-order valence-corrected chi connectivity index (χ4v) is 1.46. The number of nitrogens with zero attached hydrogens (tertiary/aromatic N) is 1. The molecule has 6 heteroatoms. The Kier molecular flexibility index (Phi) is 2.31. The maximum absolute atomic E-state index is 12.6. The molecule has 0 unspecified atom stereocenters. The van der Waals surface area contributed by atoms with Gasteiger partial charge in [-0.2, -0.15) is 13.2 Å². The zero-order chi connectivity index (χ0) is 12.1. The van der Waals surface area contributed by atoms with Gasteiger partial charge >= 0.3 is 6.18 Å². The third kappa shape index (κ3) is 1.81. The Labute approximate surface area is 90.3 Å². The summed E-state index contributed by atoms with van der Waals surface area (Å²) in [4.78, 5) is 3.39. The highest BCUT2D eigenvalue weighted by Crippen LogP contribution is 2.47. The zero-order valence-electron chi connectivity index (χ0n) is 8.93. The number of rotatable bonds is 2. The molecule has 0 bridgehead atoms. The fourth-order valence-electron chi connectivity index (χ4n) is 1.46. The molecule has 0 atom stereocenters. The van der Waals surface area contributed by atoms with Crippen molar-refractivity contribution in [2.24, 2.45) is 0 Å². The van der Waals surface area contributed by atoms with Gasteiger partial charge in [0.15, 0.2) is 5.69 Å². The average Bonchev–Trinajstić information content (AvgIpc) is 2.73. The van der Waals surface area contributed by atoms with E-state index in [4.69, 9.17) is 4.42 Å². The minimum absolute atomic E-state index is 0.205. The lowest BCUT2D eigenvalue weighted by atomic mass is 10.1. The number of oxazole rings is 1. The quantitative estimate of drug-likeness (QED) is 0.857. The molecule has 0 spiro atoms. The highest BCUT2D eigenvalue weighted by atomic mass is 19.4. The fraction of sp³-hybridized carbons (Fsp3) is 0.700. The van der Waals surface area contributed by atoms with Gasteiger partial charge in [-0.3, -0.25) is 0 Å². The van der Waals surface area contributed by atoms with Crippen LogP contribution in [0.25, 0.3) is 0 Å². The largest absolute Gasteiger partial charge is 0.442 e. The van der Waals surface area contributed by atoms with Crippen LogP contribution < -0.4 is 0 Å². The van der Waals surface area contributed by atoms with Crippen molar-refractivity contribution in [1.82, 2.24) is 4.98 Å². The molecule has 1 aromatic heterocycles. The molecule has 3 nitrogen and oxygen atoms in total. The highest BCUT2D eigenvalue weighted by molar-refractivity contribution is 5.21. The van der Waals surface area contributed by atoms with E-state index in [1.807, 2.05) is 0 Å². The van der Waals surface area contributed by atoms with Gasteiger partial charge in [0, 0.05) is 5.92 Å². The molecule has 2 rings (SSSR count). The van der Waals surface area contributed by atoms with E-state index in [1.54, 1.807) is 13.8 Å². The summed E-state index contributed by atoms with van der Waals surface area (Å²) in [6.07, 6.45) is -3.72. The van der Waals surface area contributed by atoms with Gasteiger partial charge in [0.05, 0.1) is 0 Å². The van der Waals surface area contributed by atoms with E-state index < -0.39 is 23.4 Å². The minimum atomic E-state index is -4.54. The molecule has 90 valence electrons. The van der Waals surface area contributed by atoms with E-state index in [2.05, 4.69) is 4.98 Å². The van der Waals surface area contributed by atoms with Gasteiger partial charge in [-0.15, -0.1) is 0 Å². The Morgan fingerprint density at radius 3 is 2.25 bits per heavy atom. The third-order valence-corrected chi connectivity index (χ3v) is 2.57. The van der Waals surface area contributed by atoms with Gasteiger partial charge in [0.1, 0.15) is 11.4 Å². The molecule has 0 aromatic carbocycles. The highest BCUT2D eigenvalue weighted by Gasteiger charge is 2.50. The average molecular weight is 235 g/mol. The second kappa shape index (κ2) is 3.23. The van der Waals surface area contributed by atoms with Crippen molar-refractivity contribution in [3.05, 3.63) is 17.3 Å². The Balaban J connectivity index is 2.46. The first kappa shape index (κ1) is 11.4. The van der Waals surface area contributed by atoms with Gasteiger partial charge in [-0.25, -0.2) is 4.98 Å². The van der Waals surface area contributed by atoms with Crippen LogP contribution >= 0.6 is 0 Å². The summed E-state index contributed by atoms with van der Waals surface area (Å²) in [5.41, 5.74) is -2.29. The summed E-state index contributed by atoms with van der Waals surface area (Å²) in [7, 11) is 0. The number of aliphatic hydroxyl groups is 1. The van der Waals surface area contributed by atoms with E-state index in [-0.39, 0.29) is 11.7 Å². The second-order valence-electron chi connectivity index (χ2n) is 4.42. The molecule has 0 aliphatic heterocycles. The van der Waals surface area contributed by atoms with Gasteiger partial charge in [-0.05, 0) is 12.8 Å². The Hall–Kier alpha value is -1.04. The Morgan fingerprint density at radius 2 is 1.94 bits per heavy atom. The lowest BCUT2D eigenvalue weighted by Crippen LogP contribution is -2.10. The molecule has 1 fully saturated rings. The molecule has 0 radical (unpaired) electrons. The normalized spacial score (nSPS) is 19.2. The van der Waals surface area contributed by atoms with Gasteiger partial charge in [0.25, 0.3) is 0 Å². The monoisotopic (exact) mass is 235 g/mol. The van der Waals surface area contributed by atoms with Crippen molar-refractivity contribution >= 4 is 0 Å². The van der Waals surface area contributed by atoms with Gasteiger partial charge < -0.3 is 9.52 Å². The van der Waals surface area contributed by atoms with Crippen molar-refractivity contribution in [3.8, 4) is 0 Å². The molecule has 16 heavy (non-hydrogen) atoms. The van der Waals surface area contributed by atoms with Gasteiger partial charge in [0.2, 0.25) is 5.89 Å². The van der Waals surface area contributed by atoms with Crippen LogP contribution in [0, 0.1) is 0 Å². The zero-order valence-corrected chi connectivity index (χ0v) is 8.93. The van der Waals surface area contributed by atoms with E-state index in [9.17, 15) is 18.3 Å². The maximum Gasteiger partial charge on any atom is 0.436 e. The number of halogens is 3. The summed E-state index contributed by atoms with van der Waals surface area (Å²) in [5, 5.41) is 9.66. The Bertz CT molecular complexity index is 405. The summed E-state index contributed by atoms with van der Waals surface area (Å²) in [6, 6.07) is 0. The van der Waals surface area contributed by atoms with E-state index in [1.165, 1.54) is 0 Å². The summed E-state index contributed by atoms with van der Waals surface area (Å²) >= 11 is 0. The van der Waals surface area contributed by atoms with E-state index in [0.29, 0.717) is 12.8 Å².